The van der Waals surface area contributed by atoms with Crippen molar-refractivity contribution in [3.63, 3.8) is 0 Å². The van der Waals surface area contributed by atoms with Crippen molar-refractivity contribution >= 4 is 40.7 Å². The van der Waals surface area contributed by atoms with Gasteiger partial charge in [-0.25, -0.2) is 0 Å². The van der Waals surface area contributed by atoms with Crippen LogP contribution in [0, 0.1) is 0 Å². The first-order valence-electron chi connectivity index (χ1n) is 8.49. The summed E-state index contributed by atoms with van der Waals surface area (Å²) in [7, 11) is 0. The molecule has 0 bridgehead atoms. The summed E-state index contributed by atoms with van der Waals surface area (Å²) in [5.41, 5.74) is 3.59. The van der Waals surface area contributed by atoms with Crippen molar-refractivity contribution in [3.8, 4) is 0 Å². The molecule has 0 heterocycles. The van der Waals surface area contributed by atoms with Crippen LogP contribution in [0.1, 0.15) is 54.3 Å². The summed E-state index contributed by atoms with van der Waals surface area (Å²) in [4.78, 5) is 12.1. The zero-order chi connectivity index (χ0) is 17.8. The number of rotatable bonds is 5. The molecule has 1 amide bonds. The lowest BCUT2D eigenvalue weighted by Gasteiger charge is -2.32. The zero-order valence-corrected chi connectivity index (χ0v) is 16.0. The van der Waals surface area contributed by atoms with Gasteiger partial charge < -0.3 is 5.32 Å². The van der Waals surface area contributed by atoms with Crippen molar-refractivity contribution in [1.29, 1.82) is 0 Å². The molecule has 3 rings (SSSR count). The van der Waals surface area contributed by atoms with Gasteiger partial charge in [0.05, 0.1) is 16.1 Å². The Kier molecular flexibility index (Phi) is 6.27. The molecule has 0 saturated carbocycles. The van der Waals surface area contributed by atoms with Crippen molar-refractivity contribution in [2.75, 3.05) is 5.88 Å². The molecule has 25 heavy (non-hydrogen) atoms. The summed E-state index contributed by atoms with van der Waals surface area (Å²) in [6, 6.07) is 14.2. The number of nitrogens with one attached hydrogen (secondary N) is 1. The molecule has 0 radical (unpaired) electrons. The van der Waals surface area contributed by atoms with E-state index in [1.807, 2.05) is 30.3 Å². The predicted molar refractivity (Wildman–Crippen MR) is 105 cm³/mol. The lowest BCUT2D eigenvalue weighted by atomic mass is 9.76. The van der Waals surface area contributed by atoms with E-state index in [0.29, 0.717) is 28.8 Å². The number of carbonyl (C=O) groups excluding carboxylic acids is 1. The Bertz CT molecular complexity index is 762. The molecule has 2 nitrogen and oxygen atoms in total. The van der Waals surface area contributed by atoms with Crippen LogP contribution in [-0.4, -0.2) is 11.8 Å². The average Bonchev–Trinajstić information content (AvgIpc) is 2.63. The number of hydrogen-bond donors (Lipinski definition) is 1. The smallest absolute Gasteiger partial charge is 0.220 e. The van der Waals surface area contributed by atoms with Gasteiger partial charge in [0.25, 0.3) is 0 Å². The topological polar surface area (TPSA) is 29.1 Å². The van der Waals surface area contributed by atoms with E-state index in [2.05, 4.69) is 17.4 Å². The first kappa shape index (κ1) is 18.6. The van der Waals surface area contributed by atoms with E-state index in [1.165, 1.54) is 11.1 Å². The van der Waals surface area contributed by atoms with Gasteiger partial charge in [-0.3, -0.25) is 4.79 Å². The maximum absolute atomic E-state index is 12.1. The largest absolute Gasteiger partial charge is 0.349 e. The SMILES string of the molecule is O=C(CCCCl)N[C@H]1CC[C@H](c2ccc(Cl)c(Cl)c2)c2ccccc21. The average molecular weight is 397 g/mol. The molecule has 0 unspecified atom stereocenters. The van der Waals surface area contributed by atoms with E-state index >= 15 is 0 Å². The molecule has 5 heteroatoms. The van der Waals surface area contributed by atoms with Crippen LogP contribution in [0.25, 0.3) is 0 Å². The molecule has 132 valence electrons. The molecule has 2 aromatic rings. The number of halogens is 3. The second-order valence-corrected chi connectivity index (χ2v) is 7.54. The fourth-order valence-electron chi connectivity index (χ4n) is 3.51. The van der Waals surface area contributed by atoms with Gasteiger partial charge in [0.2, 0.25) is 5.91 Å². The van der Waals surface area contributed by atoms with Crippen molar-refractivity contribution < 1.29 is 4.79 Å². The van der Waals surface area contributed by atoms with Crippen molar-refractivity contribution in [3.05, 3.63) is 69.2 Å². The minimum atomic E-state index is 0.0537. The number of alkyl halides is 1. The molecule has 0 aromatic heterocycles. The van der Waals surface area contributed by atoms with Crippen LogP contribution < -0.4 is 5.32 Å². The summed E-state index contributed by atoms with van der Waals surface area (Å²) >= 11 is 17.9. The second kappa shape index (κ2) is 8.44. The van der Waals surface area contributed by atoms with Crippen LogP contribution in [0.15, 0.2) is 42.5 Å². The van der Waals surface area contributed by atoms with Gasteiger partial charge in [0.15, 0.2) is 0 Å². The Morgan fingerprint density at radius 1 is 1.04 bits per heavy atom. The van der Waals surface area contributed by atoms with Gasteiger partial charge in [-0.15, -0.1) is 11.6 Å². The molecule has 2 aromatic carbocycles. The van der Waals surface area contributed by atoms with Crippen molar-refractivity contribution in [2.45, 2.75) is 37.6 Å². The highest BCUT2D eigenvalue weighted by Gasteiger charge is 2.29. The third-order valence-electron chi connectivity index (χ3n) is 4.71. The molecule has 0 saturated heterocycles. The maximum Gasteiger partial charge on any atom is 0.220 e. The molecule has 2 atom stereocenters. The summed E-state index contributed by atoms with van der Waals surface area (Å²) in [6.45, 7) is 0. The van der Waals surface area contributed by atoms with Crippen LogP contribution in [0.3, 0.4) is 0 Å². The molecule has 1 aliphatic carbocycles. The lowest BCUT2D eigenvalue weighted by molar-refractivity contribution is -0.122. The van der Waals surface area contributed by atoms with Crippen molar-refractivity contribution in [1.82, 2.24) is 5.32 Å². The summed E-state index contributed by atoms with van der Waals surface area (Å²) in [5.74, 6) is 0.837. The lowest BCUT2D eigenvalue weighted by Crippen LogP contribution is -2.32. The van der Waals surface area contributed by atoms with Gasteiger partial charge in [0, 0.05) is 18.2 Å². The first-order valence-corrected chi connectivity index (χ1v) is 9.78. The third-order valence-corrected chi connectivity index (χ3v) is 5.72. The van der Waals surface area contributed by atoms with E-state index in [1.54, 1.807) is 0 Å². The summed E-state index contributed by atoms with van der Waals surface area (Å²) < 4.78 is 0. The van der Waals surface area contributed by atoms with Gasteiger partial charge in [0.1, 0.15) is 0 Å². The first-order chi connectivity index (χ1) is 12.1. The monoisotopic (exact) mass is 395 g/mol. The number of fused-ring (bicyclic) bond motifs is 1. The van der Waals surface area contributed by atoms with Crippen LogP contribution in [0.4, 0.5) is 0 Å². The normalized spacial score (nSPS) is 19.3. The molecule has 1 aliphatic rings. The molecule has 1 N–H and O–H groups in total. The van der Waals surface area contributed by atoms with Crippen molar-refractivity contribution in [2.24, 2.45) is 0 Å². The van der Waals surface area contributed by atoms with Gasteiger partial charge in [-0.2, -0.15) is 0 Å². The van der Waals surface area contributed by atoms with Crippen LogP contribution >= 0.6 is 34.8 Å². The summed E-state index contributed by atoms with van der Waals surface area (Å²) in [5, 5.41) is 4.30. The molecule has 0 spiro atoms. The highest BCUT2D eigenvalue weighted by Crippen LogP contribution is 2.42. The Morgan fingerprint density at radius 2 is 1.80 bits per heavy atom. The maximum atomic E-state index is 12.1. The van der Waals surface area contributed by atoms with Crippen LogP contribution in [0.2, 0.25) is 10.0 Å². The minimum absolute atomic E-state index is 0.0537. The minimum Gasteiger partial charge on any atom is -0.349 e. The second-order valence-electron chi connectivity index (χ2n) is 6.35. The number of hydrogen-bond acceptors (Lipinski definition) is 1. The summed E-state index contributed by atoms with van der Waals surface area (Å²) in [6.07, 6.45) is 3.02. The highest BCUT2D eigenvalue weighted by molar-refractivity contribution is 6.42. The fraction of sp³-hybridized carbons (Fsp3) is 0.350. The third kappa shape index (κ3) is 4.31. The van der Waals surface area contributed by atoms with Gasteiger partial charge in [-0.05, 0) is 48.1 Å². The highest BCUT2D eigenvalue weighted by atomic mass is 35.5. The number of amides is 1. The van der Waals surface area contributed by atoms with Crippen LogP contribution in [-0.2, 0) is 4.79 Å². The van der Waals surface area contributed by atoms with E-state index in [4.69, 9.17) is 34.8 Å². The quantitative estimate of drug-likeness (QED) is 0.608. The molecule has 0 aliphatic heterocycles. The molecule has 0 fully saturated rings. The predicted octanol–water partition coefficient (Wildman–Crippen LogP) is 6.10. The molecular weight excluding hydrogens is 377 g/mol. The number of benzene rings is 2. The Morgan fingerprint density at radius 3 is 2.52 bits per heavy atom. The van der Waals surface area contributed by atoms with E-state index in [9.17, 15) is 4.79 Å². The van der Waals surface area contributed by atoms with E-state index in [-0.39, 0.29) is 17.9 Å². The van der Waals surface area contributed by atoms with E-state index < -0.39 is 0 Å². The Balaban J connectivity index is 1.85. The Hall–Kier alpha value is -1.22. The number of carbonyl (C=O) groups is 1. The van der Waals surface area contributed by atoms with Crippen LogP contribution in [0.5, 0.6) is 0 Å². The van der Waals surface area contributed by atoms with Gasteiger partial charge in [-0.1, -0.05) is 53.5 Å². The standard InChI is InChI=1S/C20H20Cl3NO/c21-11-3-6-20(25)24-19-10-8-14(15-4-1-2-5-16(15)19)13-7-9-17(22)18(23)12-13/h1-2,4-5,7,9,12,14,19H,3,6,8,10-11H2,(H,24,25)/t14-,19+/m1/s1. The van der Waals surface area contributed by atoms with E-state index in [0.717, 1.165) is 18.4 Å². The molecular formula is C20H20Cl3NO. The fourth-order valence-corrected chi connectivity index (χ4v) is 3.95. The van der Waals surface area contributed by atoms with Gasteiger partial charge >= 0.3 is 0 Å². The Labute approximate surface area is 163 Å². The zero-order valence-electron chi connectivity index (χ0n) is 13.8.